The molecule has 0 saturated carbocycles. The van der Waals surface area contributed by atoms with Gasteiger partial charge in [-0.2, -0.15) is 0 Å². The minimum absolute atomic E-state index is 0. The first-order valence-corrected chi connectivity index (χ1v) is 7.95. The zero-order valence-corrected chi connectivity index (χ0v) is 16.5. The topological polar surface area (TPSA) is 119 Å². The Morgan fingerprint density at radius 3 is 0.769 bits per heavy atom. The van der Waals surface area contributed by atoms with Crippen LogP contribution in [0.5, 0.6) is 0 Å². The van der Waals surface area contributed by atoms with Crippen LogP contribution in [-0.2, 0) is 61.5 Å². The average molecular weight is 484 g/mol. The molecule has 0 aliphatic heterocycles. The number of hydrogen-bond acceptors (Lipinski definition) is 0. The summed E-state index contributed by atoms with van der Waals surface area (Å²) in [7, 11) is -7.08. The molecular formula is C12H11BCo2F4O6Si. The molecule has 2 radical (unpaired) electrons. The summed E-state index contributed by atoms with van der Waals surface area (Å²) in [6.45, 7) is 37.0. The number of halogens is 4. The molecule has 0 aliphatic carbocycles. The fourth-order valence-corrected chi connectivity index (χ4v) is 0.795. The molecule has 0 aliphatic rings. The van der Waals surface area contributed by atoms with Crippen molar-refractivity contribution >= 4 is 15.3 Å². The van der Waals surface area contributed by atoms with Crippen molar-refractivity contribution in [2.75, 3.05) is 0 Å². The summed E-state index contributed by atoms with van der Waals surface area (Å²) in [4.78, 5) is 0. The molecule has 0 heterocycles. The molecule has 0 bridgehead atoms. The second-order valence-corrected chi connectivity index (χ2v) is 7.80. The maximum atomic E-state index is 9.75. The molecule has 6 nitrogen and oxygen atoms in total. The molecule has 0 spiro atoms. The zero-order valence-electron chi connectivity index (χ0n) is 13.4. The van der Waals surface area contributed by atoms with Crippen molar-refractivity contribution in [3.63, 3.8) is 0 Å². The van der Waals surface area contributed by atoms with Gasteiger partial charge in [-0.15, -0.1) is 0 Å². The van der Waals surface area contributed by atoms with Crippen LogP contribution in [0.1, 0.15) is 0 Å². The van der Waals surface area contributed by atoms with Crippen molar-refractivity contribution in [1.29, 1.82) is 0 Å². The molecule has 0 N–H and O–H groups in total. The Hall–Kier alpha value is -1.12. The molecule has 0 amide bonds. The van der Waals surface area contributed by atoms with Crippen LogP contribution in [0.4, 0.5) is 17.3 Å². The molecule has 0 rings (SSSR count). The van der Waals surface area contributed by atoms with Gasteiger partial charge in [0.15, 0.2) is 0 Å². The molecule has 0 aromatic heterocycles. The van der Waals surface area contributed by atoms with Crippen LogP contribution in [0.15, 0.2) is 0 Å². The van der Waals surface area contributed by atoms with Gasteiger partial charge in [0.1, 0.15) is 5.92 Å². The number of hydrogen-bond donors (Lipinski definition) is 0. The molecule has 0 fully saturated rings. The second-order valence-electron chi connectivity index (χ2n) is 3.05. The smallest absolute Gasteiger partial charge is 0.0390 e. The molecule has 0 atom stereocenters. The van der Waals surface area contributed by atoms with Crippen LogP contribution in [0.2, 0.25) is 19.6 Å². The summed E-state index contributed by atoms with van der Waals surface area (Å²) in [5, 5.41) is 0. The third-order valence-corrected chi connectivity index (χ3v) is 1.39. The summed E-state index contributed by atoms with van der Waals surface area (Å²) in [6, 6.07) is 0. The first-order valence-electron chi connectivity index (χ1n) is 4.45. The Morgan fingerprint density at radius 1 is 0.654 bits per heavy atom. The fraction of sp³-hybridized carbons (Fsp3) is 0.250. The van der Waals surface area contributed by atoms with E-state index in [1.54, 1.807) is 0 Å². The Balaban J connectivity index is -0.0000000151. The van der Waals surface area contributed by atoms with Gasteiger partial charge in [0.25, 0.3) is 8.07 Å². The molecule has 0 aromatic carbocycles. The molecule has 14 heteroatoms. The predicted octanol–water partition coefficient (Wildman–Crippen LogP) is 2.77. The molecule has 148 valence electrons. The summed E-state index contributed by atoms with van der Waals surface area (Å²) in [5.74, 6) is 2.67. The monoisotopic (exact) mass is 484 g/mol. The summed E-state index contributed by atoms with van der Waals surface area (Å²) in [6.07, 6.45) is 0. The summed E-state index contributed by atoms with van der Waals surface area (Å²) < 4.78 is 84.0. The summed E-state index contributed by atoms with van der Waals surface area (Å²) >= 11 is 0. The predicted molar refractivity (Wildman–Crippen MR) is 70.2 cm³/mol. The van der Waals surface area contributed by atoms with Crippen molar-refractivity contribution < 1.29 is 78.7 Å². The molecule has 0 aromatic rings. The van der Waals surface area contributed by atoms with Crippen molar-refractivity contribution in [1.82, 2.24) is 0 Å². The van der Waals surface area contributed by atoms with E-state index in [-0.39, 0.29) is 33.6 Å². The largest absolute Gasteiger partial charge is 0.253 e. The standard InChI is InChI=1S/C6H11Si.6CO.BF4.2Co/c1-5-6-7(2,3)4;6*1-2;2-1(3,4)5;;/h1H2,2-4H3;;;;;;;;;/q+1;;;;;;;-1;;. The van der Waals surface area contributed by atoms with Crippen LogP contribution < -0.4 is 0 Å². The van der Waals surface area contributed by atoms with Gasteiger partial charge in [-0.1, -0.05) is 0 Å². The van der Waals surface area contributed by atoms with E-state index in [2.05, 4.69) is 77.9 Å². The molecule has 0 saturated heterocycles. The van der Waals surface area contributed by atoms with Crippen molar-refractivity contribution in [3.05, 3.63) is 46.8 Å². The quantitative estimate of drug-likeness (QED) is 0.165. The van der Waals surface area contributed by atoms with Gasteiger partial charge in [0.05, 0.1) is 12.5 Å². The minimum atomic E-state index is -6.00. The first kappa shape index (κ1) is 64.1. The van der Waals surface area contributed by atoms with Gasteiger partial charge >= 0.3 is 75.1 Å². The van der Waals surface area contributed by atoms with E-state index in [4.69, 9.17) is 27.9 Å². The van der Waals surface area contributed by atoms with E-state index in [1.807, 2.05) is 0 Å². The first-order chi connectivity index (χ1) is 11.1. The van der Waals surface area contributed by atoms with Gasteiger partial charge in [-0.25, -0.2) is 0 Å². The normalized spacial score (nSPS) is 5.35. The van der Waals surface area contributed by atoms with E-state index in [0.717, 1.165) is 0 Å². The molecule has 0 unspecified atom stereocenters. The van der Waals surface area contributed by atoms with Crippen LogP contribution in [0.3, 0.4) is 0 Å². The maximum Gasteiger partial charge on any atom is 0.253 e. The van der Waals surface area contributed by atoms with Crippen molar-refractivity contribution in [3.8, 4) is 11.5 Å². The molecule has 26 heavy (non-hydrogen) atoms. The van der Waals surface area contributed by atoms with Gasteiger partial charge in [-0.05, 0) is 19.6 Å². The van der Waals surface area contributed by atoms with Crippen molar-refractivity contribution in [2.45, 2.75) is 19.6 Å². The van der Waals surface area contributed by atoms with Gasteiger partial charge in [0.2, 0.25) is 0 Å². The Bertz CT molecular complexity index is 352. The van der Waals surface area contributed by atoms with Crippen molar-refractivity contribution in [2.24, 2.45) is 0 Å². The van der Waals surface area contributed by atoms with Gasteiger partial charge < -0.3 is 17.3 Å². The SMILES string of the molecule is F[B-](F)(F)F.[C-]#[O+].[C-]#[O+].[C-]#[O+].[C-]#[O+].[C-]#[O+].[C-]#[O+].[CH2+]C#C[Si](C)(C)C.[Co].[Co]. The van der Waals surface area contributed by atoms with Gasteiger partial charge in [0, 0.05) is 33.6 Å². The van der Waals surface area contributed by atoms with Crippen LogP contribution in [-0.4, -0.2) is 15.3 Å². The van der Waals surface area contributed by atoms with E-state index in [0.29, 0.717) is 0 Å². The fourth-order valence-electron chi connectivity index (χ4n) is 0.265. The van der Waals surface area contributed by atoms with E-state index >= 15 is 0 Å². The maximum absolute atomic E-state index is 9.75. The number of rotatable bonds is 0. The van der Waals surface area contributed by atoms with Crippen LogP contribution in [0.25, 0.3) is 0 Å². The molecular weight excluding hydrogens is 473 g/mol. The van der Waals surface area contributed by atoms with E-state index in [9.17, 15) is 17.3 Å². The van der Waals surface area contributed by atoms with Crippen LogP contribution in [0, 0.1) is 58.3 Å². The minimum Gasteiger partial charge on any atom is -0.0390 e. The third-order valence-electron chi connectivity index (χ3n) is 0.463. The Kier molecular flexibility index (Phi) is 186. The zero-order chi connectivity index (χ0) is 22.4. The second kappa shape index (κ2) is 75.3. The third kappa shape index (κ3) is 1320. The van der Waals surface area contributed by atoms with Crippen LogP contribution >= 0.6 is 0 Å². The summed E-state index contributed by atoms with van der Waals surface area (Å²) in [5.41, 5.74) is 3.06. The van der Waals surface area contributed by atoms with E-state index < -0.39 is 15.3 Å². The van der Waals surface area contributed by atoms with Gasteiger partial charge in [-0.3, -0.25) is 0 Å². The van der Waals surface area contributed by atoms with E-state index in [1.165, 1.54) is 0 Å². The Labute approximate surface area is 172 Å². The average Bonchev–Trinajstić information content (AvgIpc) is 2.56. The Morgan fingerprint density at radius 2 is 0.769 bits per heavy atom.